The molecule has 1 saturated heterocycles. The van der Waals surface area contributed by atoms with Crippen LogP contribution < -0.4 is 5.32 Å². The highest BCUT2D eigenvalue weighted by Gasteiger charge is 2.19. The van der Waals surface area contributed by atoms with E-state index in [9.17, 15) is 0 Å². The first kappa shape index (κ1) is 19.0. The largest absolute Gasteiger partial charge is 0.314 e. The van der Waals surface area contributed by atoms with Crippen molar-refractivity contribution < 1.29 is 0 Å². The summed E-state index contributed by atoms with van der Waals surface area (Å²) in [6.45, 7) is 12.0. The zero-order valence-electron chi connectivity index (χ0n) is 15.0. The van der Waals surface area contributed by atoms with Gasteiger partial charge in [-0.05, 0) is 44.8 Å². The van der Waals surface area contributed by atoms with E-state index in [-0.39, 0.29) is 0 Å². The second-order valence-corrected chi connectivity index (χ2v) is 7.35. The molecule has 0 aromatic heterocycles. The molecule has 1 heterocycles. The summed E-state index contributed by atoms with van der Waals surface area (Å²) in [5, 5.41) is 3.61. The van der Waals surface area contributed by atoms with Gasteiger partial charge in [-0.25, -0.2) is 0 Å². The summed E-state index contributed by atoms with van der Waals surface area (Å²) in [4.78, 5) is 2.72. The second-order valence-electron chi connectivity index (χ2n) is 7.35. The normalized spacial score (nSPS) is 20.3. The predicted octanol–water partition coefficient (Wildman–Crippen LogP) is 4.84. The van der Waals surface area contributed by atoms with Gasteiger partial charge in [0.25, 0.3) is 0 Å². The molecule has 0 amide bonds. The number of rotatable bonds is 12. The van der Waals surface area contributed by atoms with Crippen LogP contribution in [-0.2, 0) is 0 Å². The summed E-state index contributed by atoms with van der Waals surface area (Å²) >= 11 is 0. The number of hydrogen-bond donors (Lipinski definition) is 1. The highest BCUT2D eigenvalue weighted by Crippen LogP contribution is 2.17. The topological polar surface area (TPSA) is 15.3 Å². The van der Waals surface area contributed by atoms with E-state index in [0.29, 0.717) is 6.04 Å². The fourth-order valence-corrected chi connectivity index (χ4v) is 3.39. The summed E-state index contributed by atoms with van der Waals surface area (Å²) < 4.78 is 0. The number of piperidine rings is 1. The summed E-state index contributed by atoms with van der Waals surface area (Å²) in [5.41, 5.74) is 0. The molecule has 2 nitrogen and oxygen atoms in total. The first-order valence-electron chi connectivity index (χ1n) is 9.68. The molecule has 0 bridgehead atoms. The number of hydrogen-bond acceptors (Lipinski definition) is 2. The summed E-state index contributed by atoms with van der Waals surface area (Å²) in [5.74, 6) is 0.884. The van der Waals surface area contributed by atoms with Crippen molar-refractivity contribution in [3.63, 3.8) is 0 Å². The molecule has 0 aromatic carbocycles. The van der Waals surface area contributed by atoms with Crippen molar-refractivity contribution in [1.29, 1.82) is 0 Å². The summed E-state index contributed by atoms with van der Waals surface area (Å²) in [6.07, 6.45) is 14.3. The molecule has 1 N–H and O–H groups in total. The van der Waals surface area contributed by atoms with Gasteiger partial charge in [-0.3, -0.25) is 0 Å². The van der Waals surface area contributed by atoms with Crippen molar-refractivity contribution in [2.75, 3.05) is 26.2 Å². The Balaban J connectivity index is 1.96. The minimum absolute atomic E-state index is 0.632. The van der Waals surface area contributed by atoms with Gasteiger partial charge < -0.3 is 10.2 Å². The van der Waals surface area contributed by atoms with Crippen LogP contribution in [0.15, 0.2) is 0 Å². The Morgan fingerprint density at radius 1 is 1.00 bits per heavy atom. The van der Waals surface area contributed by atoms with E-state index in [1.54, 1.807) is 0 Å². The number of nitrogens with one attached hydrogen (secondary N) is 1. The molecule has 21 heavy (non-hydrogen) atoms. The molecule has 1 unspecified atom stereocenters. The lowest BCUT2D eigenvalue weighted by Crippen LogP contribution is -2.41. The van der Waals surface area contributed by atoms with Gasteiger partial charge in [-0.15, -0.1) is 0 Å². The third-order valence-corrected chi connectivity index (χ3v) is 4.75. The molecule has 0 spiro atoms. The van der Waals surface area contributed by atoms with Crippen molar-refractivity contribution in [1.82, 2.24) is 10.2 Å². The van der Waals surface area contributed by atoms with Crippen LogP contribution in [0.3, 0.4) is 0 Å². The van der Waals surface area contributed by atoms with Gasteiger partial charge in [0, 0.05) is 12.6 Å². The molecule has 1 rings (SSSR count). The zero-order valence-corrected chi connectivity index (χ0v) is 15.0. The predicted molar refractivity (Wildman–Crippen MR) is 94.9 cm³/mol. The van der Waals surface area contributed by atoms with Crippen LogP contribution in [0.25, 0.3) is 0 Å². The fraction of sp³-hybridized carbons (Fsp3) is 1.00. The van der Waals surface area contributed by atoms with Crippen LogP contribution in [0.5, 0.6) is 0 Å². The molecule has 1 aliphatic rings. The molecule has 1 fully saturated rings. The van der Waals surface area contributed by atoms with E-state index >= 15 is 0 Å². The third-order valence-electron chi connectivity index (χ3n) is 4.75. The number of nitrogens with zero attached hydrogens (tertiary/aromatic N) is 1. The van der Waals surface area contributed by atoms with Gasteiger partial charge in [0.15, 0.2) is 0 Å². The lowest BCUT2D eigenvalue weighted by atomic mass is 9.97. The van der Waals surface area contributed by atoms with Crippen molar-refractivity contribution in [2.45, 2.75) is 91.0 Å². The van der Waals surface area contributed by atoms with E-state index < -0.39 is 0 Å². The zero-order chi connectivity index (χ0) is 15.3. The standard InChI is InChI=1S/C19H40N2/c1-4-5-6-7-8-9-10-11-14-21-15-12-13-19(17-21)16-20-18(2)3/h18-20H,4-17H2,1-3H3. The molecule has 0 aliphatic carbocycles. The van der Waals surface area contributed by atoms with Crippen molar-refractivity contribution >= 4 is 0 Å². The van der Waals surface area contributed by atoms with Gasteiger partial charge in [0.05, 0.1) is 0 Å². The van der Waals surface area contributed by atoms with E-state index in [1.807, 2.05) is 0 Å². The Morgan fingerprint density at radius 3 is 2.33 bits per heavy atom. The molecule has 2 heteroatoms. The quantitative estimate of drug-likeness (QED) is 0.519. The molecule has 1 atom stereocenters. The first-order chi connectivity index (χ1) is 10.2. The minimum atomic E-state index is 0.632. The van der Waals surface area contributed by atoms with Gasteiger partial charge in [0.2, 0.25) is 0 Å². The highest BCUT2D eigenvalue weighted by molar-refractivity contribution is 4.75. The van der Waals surface area contributed by atoms with Crippen molar-refractivity contribution in [3.8, 4) is 0 Å². The van der Waals surface area contributed by atoms with Crippen LogP contribution >= 0.6 is 0 Å². The van der Waals surface area contributed by atoms with Gasteiger partial charge in [-0.1, -0.05) is 65.7 Å². The van der Waals surface area contributed by atoms with E-state index in [2.05, 4.69) is 31.0 Å². The minimum Gasteiger partial charge on any atom is -0.314 e. The van der Waals surface area contributed by atoms with Gasteiger partial charge in [-0.2, -0.15) is 0 Å². The Bertz CT molecular complexity index is 228. The monoisotopic (exact) mass is 296 g/mol. The average Bonchev–Trinajstić information content (AvgIpc) is 2.48. The fourth-order valence-electron chi connectivity index (χ4n) is 3.39. The Morgan fingerprint density at radius 2 is 1.67 bits per heavy atom. The molecular formula is C19H40N2. The molecule has 1 aliphatic heterocycles. The van der Waals surface area contributed by atoms with Crippen LogP contribution in [0, 0.1) is 5.92 Å². The maximum atomic E-state index is 3.61. The molecule has 126 valence electrons. The Hall–Kier alpha value is -0.0800. The molecule has 0 saturated carbocycles. The van der Waals surface area contributed by atoms with Crippen molar-refractivity contribution in [3.05, 3.63) is 0 Å². The number of likely N-dealkylation sites (tertiary alicyclic amines) is 1. The van der Waals surface area contributed by atoms with Gasteiger partial charge >= 0.3 is 0 Å². The SMILES string of the molecule is CCCCCCCCCCN1CCCC(CNC(C)C)C1. The molecular weight excluding hydrogens is 256 g/mol. The summed E-state index contributed by atoms with van der Waals surface area (Å²) in [6, 6.07) is 0.632. The first-order valence-corrected chi connectivity index (χ1v) is 9.68. The maximum Gasteiger partial charge on any atom is 0.00218 e. The lowest BCUT2D eigenvalue weighted by molar-refractivity contribution is 0.168. The van der Waals surface area contributed by atoms with Crippen LogP contribution in [0.4, 0.5) is 0 Å². The second kappa shape index (κ2) is 12.5. The number of unbranched alkanes of at least 4 members (excludes halogenated alkanes) is 7. The van der Waals surface area contributed by atoms with Crippen LogP contribution in [0.2, 0.25) is 0 Å². The Labute approximate surface area is 134 Å². The average molecular weight is 297 g/mol. The molecule has 0 aromatic rings. The smallest absolute Gasteiger partial charge is 0.00218 e. The maximum absolute atomic E-state index is 3.61. The molecule has 0 radical (unpaired) electrons. The van der Waals surface area contributed by atoms with Crippen molar-refractivity contribution in [2.24, 2.45) is 5.92 Å². The highest BCUT2D eigenvalue weighted by atomic mass is 15.1. The van der Waals surface area contributed by atoms with Crippen LogP contribution in [-0.4, -0.2) is 37.1 Å². The third kappa shape index (κ3) is 10.3. The van der Waals surface area contributed by atoms with Gasteiger partial charge in [0.1, 0.15) is 0 Å². The summed E-state index contributed by atoms with van der Waals surface area (Å²) in [7, 11) is 0. The van der Waals surface area contributed by atoms with E-state index in [0.717, 1.165) is 5.92 Å². The Kier molecular flexibility index (Phi) is 11.3. The van der Waals surface area contributed by atoms with Crippen LogP contribution in [0.1, 0.15) is 85.0 Å². The van der Waals surface area contributed by atoms with E-state index in [4.69, 9.17) is 0 Å². The van der Waals surface area contributed by atoms with E-state index in [1.165, 1.54) is 90.4 Å². The lowest BCUT2D eigenvalue weighted by Gasteiger charge is -2.33.